The van der Waals surface area contributed by atoms with Crippen LogP contribution in [0.2, 0.25) is 0 Å². The summed E-state index contributed by atoms with van der Waals surface area (Å²) in [5.41, 5.74) is 5.76. The topological polar surface area (TPSA) is 70.7 Å². The number of carbonyl (C=O) groups excluding carboxylic acids is 1. The van der Waals surface area contributed by atoms with Crippen molar-refractivity contribution in [2.45, 2.75) is 19.8 Å². The normalized spacial score (nSPS) is 19.1. The maximum Gasteiger partial charge on any atom is 0.239 e. The average molecular weight is 198 g/mol. The van der Waals surface area contributed by atoms with E-state index in [2.05, 4.69) is 10.3 Å². The number of nitrogens with two attached hydrogens (primary N) is 1. The molecule has 1 aliphatic heterocycles. The summed E-state index contributed by atoms with van der Waals surface area (Å²) < 4.78 is 0. The van der Waals surface area contributed by atoms with Gasteiger partial charge in [-0.2, -0.15) is 0 Å². The zero-order valence-corrected chi connectivity index (χ0v) is 8.62. The van der Waals surface area contributed by atoms with Crippen molar-refractivity contribution in [1.82, 2.24) is 10.2 Å². The number of carbonyl (C=O) groups is 1. The van der Waals surface area contributed by atoms with Gasteiger partial charge in [0, 0.05) is 19.6 Å². The molecule has 0 bridgehead atoms. The molecule has 1 heterocycles. The minimum atomic E-state index is 0.0251. The van der Waals surface area contributed by atoms with Gasteiger partial charge in [0.05, 0.1) is 6.54 Å². The van der Waals surface area contributed by atoms with E-state index in [0.717, 1.165) is 32.5 Å². The van der Waals surface area contributed by atoms with Gasteiger partial charge in [-0.1, -0.05) is 6.92 Å². The summed E-state index contributed by atoms with van der Waals surface area (Å²) in [4.78, 5) is 17.2. The quantitative estimate of drug-likeness (QED) is 0.465. The third-order valence-electron chi connectivity index (χ3n) is 2.08. The summed E-state index contributed by atoms with van der Waals surface area (Å²) >= 11 is 0. The van der Waals surface area contributed by atoms with Crippen molar-refractivity contribution >= 4 is 11.9 Å². The van der Waals surface area contributed by atoms with E-state index in [1.165, 1.54) is 0 Å². The smallest absolute Gasteiger partial charge is 0.239 e. The van der Waals surface area contributed by atoms with Gasteiger partial charge < -0.3 is 16.0 Å². The molecule has 1 saturated heterocycles. The summed E-state index contributed by atoms with van der Waals surface area (Å²) in [6.45, 7) is 4.64. The molecule has 0 atom stereocenters. The van der Waals surface area contributed by atoms with Crippen molar-refractivity contribution in [3.63, 3.8) is 0 Å². The number of guanidine groups is 1. The van der Waals surface area contributed by atoms with E-state index in [0.29, 0.717) is 12.5 Å². The predicted octanol–water partition coefficient (Wildman–Crippen LogP) is -0.467. The molecular weight excluding hydrogens is 180 g/mol. The van der Waals surface area contributed by atoms with Gasteiger partial charge in [-0.15, -0.1) is 0 Å². The molecule has 1 rings (SSSR count). The molecule has 14 heavy (non-hydrogen) atoms. The van der Waals surface area contributed by atoms with Crippen molar-refractivity contribution in [2.75, 3.05) is 26.2 Å². The van der Waals surface area contributed by atoms with Crippen LogP contribution in [0.15, 0.2) is 4.99 Å². The molecule has 5 nitrogen and oxygen atoms in total. The molecule has 0 aromatic rings. The molecule has 1 aliphatic rings. The van der Waals surface area contributed by atoms with E-state index in [4.69, 9.17) is 5.73 Å². The van der Waals surface area contributed by atoms with Crippen molar-refractivity contribution in [2.24, 2.45) is 10.7 Å². The number of nitrogens with zero attached hydrogens (tertiary/aromatic N) is 2. The molecule has 3 N–H and O–H groups in total. The second-order valence-electron chi connectivity index (χ2n) is 3.36. The second-order valence-corrected chi connectivity index (χ2v) is 3.36. The highest BCUT2D eigenvalue weighted by molar-refractivity contribution is 5.85. The minimum Gasteiger partial charge on any atom is -0.370 e. The first-order valence-electron chi connectivity index (χ1n) is 5.05. The van der Waals surface area contributed by atoms with E-state index >= 15 is 0 Å². The Morgan fingerprint density at radius 3 is 3.21 bits per heavy atom. The van der Waals surface area contributed by atoms with Gasteiger partial charge in [-0.05, 0) is 12.8 Å². The molecule has 0 radical (unpaired) electrons. The van der Waals surface area contributed by atoms with Crippen LogP contribution in [0.3, 0.4) is 0 Å². The number of hydrogen-bond acceptors (Lipinski definition) is 2. The Morgan fingerprint density at radius 2 is 2.50 bits per heavy atom. The molecule has 0 aromatic heterocycles. The highest BCUT2D eigenvalue weighted by Crippen LogP contribution is 1.96. The second kappa shape index (κ2) is 5.47. The molecule has 80 valence electrons. The number of hydrogen-bond donors (Lipinski definition) is 2. The Balaban J connectivity index is 2.52. The van der Waals surface area contributed by atoms with Crippen LogP contribution in [0.4, 0.5) is 0 Å². The maximum atomic E-state index is 11.2. The summed E-state index contributed by atoms with van der Waals surface area (Å²) in [5, 5.41) is 2.79. The number of aliphatic imine (C=N–C) groups is 1. The molecule has 1 fully saturated rings. The van der Waals surface area contributed by atoms with Crippen LogP contribution in [0.1, 0.15) is 19.8 Å². The van der Waals surface area contributed by atoms with Crippen molar-refractivity contribution < 1.29 is 4.79 Å². The first kappa shape index (κ1) is 10.8. The molecule has 0 aromatic carbocycles. The van der Waals surface area contributed by atoms with Crippen LogP contribution in [-0.2, 0) is 4.79 Å². The van der Waals surface area contributed by atoms with E-state index in [1.54, 1.807) is 0 Å². The fraction of sp³-hybridized carbons (Fsp3) is 0.778. The lowest BCUT2D eigenvalue weighted by molar-refractivity contribution is -0.120. The van der Waals surface area contributed by atoms with Crippen LogP contribution in [-0.4, -0.2) is 42.9 Å². The summed E-state index contributed by atoms with van der Waals surface area (Å²) in [5.74, 6) is 0.515. The number of amides is 1. The highest BCUT2D eigenvalue weighted by Gasteiger charge is 2.15. The van der Waals surface area contributed by atoms with Gasteiger partial charge in [-0.25, -0.2) is 0 Å². The molecule has 5 heteroatoms. The molecule has 0 unspecified atom stereocenters. The van der Waals surface area contributed by atoms with Crippen LogP contribution in [0.25, 0.3) is 0 Å². The monoisotopic (exact) mass is 198 g/mol. The Morgan fingerprint density at radius 1 is 1.71 bits per heavy atom. The zero-order valence-electron chi connectivity index (χ0n) is 8.62. The lowest BCUT2D eigenvalue weighted by Crippen LogP contribution is -2.41. The van der Waals surface area contributed by atoms with Gasteiger partial charge in [0.15, 0.2) is 5.96 Å². The van der Waals surface area contributed by atoms with Gasteiger partial charge in [0.2, 0.25) is 5.91 Å². The van der Waals surface area contributed by atoms with Crippen LogP contribution < -0.4 is 11.1 Å². The fourth-order valence-electron chi connectivity index (χ4n) is 1.33. The lowest BCUT2D eigenvalue weighted by atomic mass is 10.4. The molecule has 0 aliphatic carbocycles. The van der Waals surface area contributed by atoms with Crippen LogP contribution in [0.5, 0.6) is 0 Å². The van der Waals surface area contributed by atoms with E-state index in [9.17, 15) is 4.79 Å². The molecule has 0 saturated carbocycles. The largest absolute Gasteiger partial charge is 0.370 e. The lowest BCUT2D eigenvalue weighted by Gasteiger charge is -2.19. The summed E-state index contributed by atoms with van der Waals surface area (Å²) in [6, 6.07) is 0. The van der Waals surface area contributed by atoms with Crippen molar-refractivity contribution in [3.8, 4) is 0 Å². The standard InChI is InChI=1S/C9H18N4O/c1-2-4-12-9(10)13-6-3-5-11-8(14)7-13/h2-7H2,1H3,(H2,10,12)(H,11,14). The highest BCUT2D eigenvalue weighted by atomic mass is 16.2. The number of nitrogens with one attached hydrogen (secondary N) is 1. The number of rotatable bonds is 2. The van der Waals surface area contributed by atoms with Crippen molar-refractivity contribution in [3.05, 3.63) is 0 Å². The fourth-order valence-corrected chi connectivity index (χ4v) is 1.33. The Kier molecular flexibility index (Phi) is 4.22. The van der Waals surface area contributed by atoms with Crippen LogP contribution in [0, 0.1) is 0 Å². The molecule has 1 amide bonds. The summed E-state index contributed by atoms with van der Waals surface area (Å²) in [6.07, 6.45) is 1.90. The van der Waals surface area contributed by atoms with Gasteiger partial charge in [-0.3, -0.25) is 9.79 Å². The molecule has 0 spiro atoms. The average Bonchev–Trinajstić information content (AvgIpc) is 2.39. The first-order chi connectivity index (χ1) is 6.74. The maximum absolute atomic E-state index is 11.2. The SMILES string of the molecule is CCCN=C(N)N1CCCNC(=O)C1. The predicted molar refractivity (Wildman–Crippen MR) is 56.0 cm³/mol. The molecular formula is C9H18N4O. The Hall–Kier alpha value is -1.26. The summed E-state index contributed by atoms with van der Waals surface area (Å²) in [7, 11) is 0. The van der Waals surface area contributed by atoms with Gasteiger partial charge in [0.25, 0.3) is 0 Å². The first-order valence-corrected chi connectivity index (χ1v) is 5.05. The third kappa shape index (κ3) is 3.24. The van der Waals surface area contributed by atoms with E-state index < -0.39 is 0 Å². The third-order valence-corrected chi connectivity index (χ3v) is 2.08. The minimum absolute atomic E-state index is 0.0251. The Bertz CT molecular complexity index is 227. The van der Waals surface area contributed by atoms with Crippen molar-refractivity contribution in [1.29, 1.82) is 0 Å². The van der Waals surface area contributed by atoms with Crippen LogP contribution >= 0.6 is 0 Å². The van der Waals surface area contributed by atoms with E-state index in [-0.39, 0.29) is 5.91 Å². The Labute approximate surface area is 84.4 Å². The zero-order chi connectivity index (χ0) is 10.4. The van der Waals surface area contributed by atoms with Gasteiger partial charge in [0.1, 0.15) is 0 Å². The van der Waals surface area contributed by atoms with Gasteiger partial charge >= 0.3 is 0 Å². The van der Waals surface area contributed by atoms with E-state index in [1.807, 2.05) is 11.8 Å².